The summed E-state index contributed by atoms with van der Waals surface area (Å²) in [4.78, 5) is 0. The van der Waals surface area contributed by atoms with Crippen LogP contribution >= 0.6 is 0 Å². The summed E-state index contributed by atoms with van der Waals surface area (Å²) in [6.45, 7) is 8.94. The first-order valence-corrected chi connectivity index (χ1v) is 5.75. The summed E-state index contributed by atoms with van der Waals surface area (Å²) in [5, 5.41) is 15.4. The van der Waals surface area contributed by atoms with E-state index in [2.05, 4.69) is 13.8 Å². The van der Waals surface area contributed by atoms with Crippen molar-refractivity contribution < 1.29 is 4.74 Å². The Hall–Kier alpha value is -0.700. The molecule has 88 valence electrons. The molecule has 0 aliphatic carbocycles. The monoisotopic (exact) mass is 212 g/mol. The molecule has 0 rings (SSSR count). The molecule has 0 amide bonds. The zero-order valence-electron chi connectivity index (χ0n) is 10.4. The molecule has 3 heteroatoms. The maximum absolute atomic E-state index is 7.70. The van der Waals surface area contributed by atoms with Crippen LogP contribution < -0.4 is 0 Å². The van der Waals surface area contributed by atoms with Crippen molar-refractivity contribution in [2.75, 3.05) is 13.2 Å². The van der Waals surface area contributed by atoms with Gasteiger partial charge in [0.15, 0.2) is 0 Å². The van der Waals surface area contributed by atoms with Crippen LogP contribution in [-0.2, 0) is 4.74 Å². The zero-order valence-corrected chi connectivity index (χ0v) is 10.4. The van der Waals surface area contributed by atoms with Gasteiger partial charge in [0.05, 0.1) is 13.2 Å². The van der Waals surface area contributed by atoms with Crippen LogP contribution in [-0.4, -0.2) is 24.6 Å². The number of nitrogens with one attached hydrogen (secondary N) is 2. The topological polar surface area (TPSA) is 56.9 Å². The molecule has 0 aliphatic rings. The fourth-order valence-corrected chi connectivity index (χ4v) is 1.05. The molecule has 0 bridgehead atoms. The standard InChI is InChI=1S/C12H24N2O/c1-5-9(3)11(13)7-15-8-12(14)10(4)6-2/h9-10,13-14H,5-8H2,1-4H3. The lowest BCUT2D eigenvalue weighted by atomic mass is 10.0. The highest BCUT2D eigenvalue weighted by Crippen LogP contribution is 2.05. The molecule has 0 aliphatic heterocycles. The highest BCUT2D eigenvalue weighted by molar-refractivity contribution is 5.86. The fourth-order valence-electron chi connectivity index (χ4n) is 1.05. The van der Waals surface area contributed by atoms with Crippen molar-refractivity contribution in [3.05, 3.63) is 0 Å². The Kier molecular flexibility index (Phi) is 7.22. The van der Waals surface area contributed by atoms with E-state index in [4.69, 9.17) is 15.6 Å². The minimum Gasteiger partial charge on any atom is -0.370 e. The van der Waals surface area contributed by atoms with Crippen molar-refractivity contribution in [1.29, 1.82) is 10.8 Å². The van der Waals surface area contributed by atoms with Gasteiger partial charge in [0, 0.05) is 11.4 Å². The lowest BCUT2D eigenvalue weighted by Crippen LogP contribution is -2.21. The van der Waals surface area contributed by atoms with Crippen LogP contribution in [0.25, 0.3) is 0 Å². The predicted octanol–water partition coefficient (Wildman–Crippen LogP) is 3.13. The van der Waals surface area contributed by atoms with Crippen molar-refractivity contribution in [3.63, 3.8) is 0 Å². The molecule has 0 aromatic carbocycles. The Morgan fingerprint density at radius 2 is 1.27 bits per heavy atom. The summed E-state index contributed by atoms with van der Waals surface area (Å²) in [7, 11) is 0. The van der Waals surface area contributed by atoms with Gasteiger partial charge in [0.1, 0.15) is 0 Å². The number of ether oxygens (including phenoxy) is 1. The van der Waals surface area contributed by atoms with Crippen molar-refractivity contribution in [1.82, 2.24) is 0 Å². The van der Waals surface area contributed by atoms with E-state index < -0.39 is 0 Å². The van der Waals surface area contributed by atoms with Gasteiger partial charge in [-0.05, 0) is 24.7 Å². The number of hydrogen-bond donors (Lipinski definition) is 2. The van der Waals surface area contributed by atoms with Gasteiger partial charge < -0.3 is 15.6 Å². The maximum Gasteiger partial charge on any atom is 0.0849 e. The zero-order chi connectivity index (χ0) is 11.8. The van der Waals surface area contributed by atoms with Crippen LogP contribution in [0.15, 0.2) is 0 Å². The SMILES string of the molecule is CCC(C)C(=N)COCC(=N)C(C)CC. The highest BCUT2D eigenvalue weighted by atomic mass is 16.5. The molecule has 2 unspecified atom stereocenters. The summed E-state index contributed by atoms with van der Waals surface area (Å²) < 4.78 is 5.35. The molecule has 3 nitrogen and oxygen atoms in total. The quantitative estimate of drug-likeness (QED) is 0.597. The lowest BCUT2D eigenvalue weighted by molar-refractivity contribution is 0.206. The molecular formula is C12H24N2O. The Balaban J connectivity index is 3.70. The average molecular weight is 212 g/mol. The second-order valence-corrected chi connectivity index (χ2v) is 4.16. The summed E-state index contributed by atoms with van der Waals surface area (Å²) >= 11 is 0. The first-order chi connectivity index (χ1) is 7.02. The van der Waals surface area contributed by atoms with Crippen molar-refractivity contribution >= 4 is 11.4 Å². The van der Waals surface area contributed by atoms with Crippen LogP contribution in [0.2, 0.25) is 0 Å². The molecule has 0 saturated carbocycles. The predicted molar refractivity (Wildman–Crippen MR) is 65.2 cm³/mol. The van der Waals surface area contributed by atoms with Gasteiger partial charge in [-0.3, -0.25) is 0 Å². The summed E-state index contributed by atoms with van der Waals surface area (Å²) in [5.74, 6) is 0.588. The third-order valence-corrected chi connectivity index (χ3v) is 2.93. The second-order valence-electron chi connectivity index (χ2n) is 4.16. The molecule has 0 aromatic rings. The third kappa shape index (κ3) is 5.67. The van der Waals surface area contributed by atoms with Gasteiger partial charge in [0.25, 0.3) is 0 Å². The summed E-state index contributed by atoms with van der Waals surface area (Å²) in [6.07, 6.45) is 1.95. The van der Waals surface area contributed by atoms with E-state index in [1.54, 1.807) is 0 Å². The van der Waals surface area contributed by atoms with Gasteiger partial charge in [-0.25, -0.2) is 0 Å². The van der Waals surface area contributed by atoms with E-state index in [9.17, 15) is 0 Å². The molecule has 0 heterocycles. The van der Waals surface area contributed by atoms with Gasteiger partial charge in [-0.1, -0.05) is 27.7 Å². The van der Waals surface area contributed by atoms with Gasteiger partial charge in [-0.2, -0.15) is 0 Å². The molecule has 0 fully saturated rings. The Morgan fingerprint density at radius 1 is 0.933 bits per heavy atom. The molecule has 0 radical (unpaired) electrons. The van der Waals surface area contributed by atoms with E-state index in [1.807, 2.05) is 13.8 Å². The van der Waals surface area contributed by atoms with Crippen LogP contribution in [0.4, 0.5) is 0 Å². The van der Waals surface area contributed by atoms with E-state index in [0.717, 1.165) is 12.8 Å². The molecular weight excluding hydrogens is 188 g/mol. The third-order valence-electron chi connectivity index (χ3n) is 2.93. The largest absolute Gasteiger partial charge is 0.370 e. The molecule has 0 spiro atoms. The molecule has 2 atom stereocenters. The van der Waals surface area contributed by atoms with Crippen LogP contribution in [0.1, 0.15) is 40.5 Å². The maximum atomic E-state index is 7.70. The fraction of sp³-hybridized carbons (Fsp3) is 0.833. The molecule has 0 saturated heterocycles. The second kappa shape index (κ2) is 7.57. The summed E-state index contributed by atoms with van der Waals surface area (Å²) in [5.41, 5.74) is 1.27. The van der Waals surface area contributed by atoms with Crippen LogP contribution in [0.3, 0.4) is 0 Å². The molecule has 2 N–H and O–H groups in total. The highest BCUT2D eigenvalue weighted by Gasteiger charge is 2.09. The molecule has 15 heavy (non-hydrogen) atoms. The normalized spacial score (nSPS) is 14.7. The number of rotatable bonds is 8. The Labute approximate surface area is 93.2 Å². The summed E-state index contributed by atoms with van der Waals surface area (Å²) in [6, 6.07) is 0. The molecule has 0 aromatic heterocycles. The first-order valence-electron chi connectivity index (χ1n) is 5.75. The van der Waals surface area contributed by atoms with Crippen molar-refractivity contribution in [3.8, 4) is 0 Å². The van der Waals surface area contributed by atoms with Crippen molar-refractivity contribution in [2.45, 2.75) is 40.5 Å². The smallest absolute Gasteiger partial charge is 0.0849 e. The van der Waals surface area contributed by atoms with E-state index >= 15 is 0 Å². The van der Waals surface area contributed by atoms with Crippen molar-refractivity contribution in [2.24, 2.45) is 11.8 Å². The van der Waals surface area contributed by atoms with Gasteiger partial charge in [-0.15, -0.1) is 0 Å². The van der Waals surface area contributed by atoms with Gasteiger partial charge in [0.2, 0.25) is 0 Å². The first kappa shape index (κ1) is 14.3. The Morgan fingerprint density at radius 3 is 1.53 bits per heavy atom. The minimum atomic E-state index is 0.294. The minimum absolute atomic E-state index is 0.294. The van der Waals surface area contributed by atoms with E-state index in [1.165, 1.54) is 0 Å². The number of hydrogen-bond acceptors (Lipinski definition) is 3. The van der Waals surface area contributed by atoms with Gasteiger partial charge >= 0.3 is 0 Å². The van der Waals surface area contributed by atoms with Crippen LogP contribution in [0.5, 0.6) is 0 Å². The van der Waals surface area contributed by atoms with E-state index in [0.29, 0.717) is 36.5 Å². The lowest BCUT2D eigenvalue weighted by Gasteiger charge is -2.13. The Bertz CT molecular complexity index is 192. The van der Waals surface area contributed by atoms with Crippen LogP contribution in [0, 0.1) is 22.7 Å². The van der Waals surface area contributed by atoms with E-state index in [-0.39, 0.29) is 0 Å². The average Bonchev–Trinajstić information content (AvgIpc) is 2.26.